The number of allylic oxidation sites excluding steroid dienone is 2. The first kappa shape index (κ1) is 19.5. The summed E-state index contributed by atoms with van der Waals surface area (Å²) in [6, 6.07) is -0.190. The number of hydrogen-bond acceptors (Lipinski definition) is 4. The van der Waals surface area contributed by atoms with Crippen LogP contribution in [0, 0.1) is 12.3 Å². The molecule has 3 heterocycles. The second-order valence-electron chi connectivity index (χ2n) is 5.97. The van der Waals surface area contributed by atoms with Gasteiger partial charge in [0.15, 0.2) is 5.15 Å². The third kappa shape index (κ3) is 4.02. The van der Waals surface area contributed by atoms with Gasteiger partial charge in [-0.15, -0.1) is 6.42 Å². The van der Waals surface area contributed by atoms with Crippen LogP contribution < -0.4 is 0 Å². The summed E-state index contributed by atoms with van der Waals surface area (Å²) < 4.78 is 7.95. The molecular weight excluding hydrogens is 432 g/mol. The Hall–Kier alpha value is -2.30. The molecule has 0 radical (unpaired) electrons. The monoisotopic (exact) mass is 448 g/mol. The molecule has 0 aliphatic carbocycles. The van der Waals surface area contributed by atoms with Crippen LogP contribution in [0.5, 0.6) is 0 Å². The molecule has 0 unspecified atom stereocenters. The van der Waals surface area contributed by atoms with E-state index >= 15 is 0 Å². The number of halogens is 2. The molecule has 1 fully saturated rings. The Kier molecular flexibility index (Phi) is 6.19. The fourth-order valence-electron chi connectivity index (χ4n) is 3.08. The molecule has 0 N–H and O–H groups in total. The van der Waals surface area contributed by atoms with Gasteiger partial charge in [0.25, 0.3) is 0 Å². The van der Waals surface area contributed by atoms with Crippen molar-refractivity contribution in [2.24, 2.45) is 0 Å². The van der Waals surface area contributed by atoms with E-state index in [4.69, 9.17) is 22.8 Å². The molecule has 3 rings (SSSR count). The summed E-state index contributed by atoms with van der Waals surface area (Å²) in [5.41, 5.74) is 1.52. The van der Waals surface area contributed by atoms with E-state index in [0.29, 0.717) is 21.8 Å². The zero-order chi connectivity index (χ0) is 19.4. The maximum Gasteiger partial charge on any atom is 0.410 e. The van der Waals surface area contributed by atoms with E-state index in [9.17, 15) is 4.79 Å². The zero-order valence-electron chi connectivity index (χ0n) is 14.7. The summed E-state index contributed by atoms with van der Waals surface area (Å²) in [6.07, 6.45) is 15.1. The largest absolute Gasteiger partial charge is 0.445 e. The molecular formula is C19H18BrClN4O2. The zero-order valence-corrected chi connectivity index (χ0v) is 17.1. The molecule has 1 saturated heterocycles. The number of rotatable bonds is 4. The topological polar surface area (TPSA) is 59.7 Å². The van der Waals surface area contributed by atoms with E-state index in [1.165, 1.54) is 0 Å². The smallest absolute Gasteiger partial charge is 0.410 e. The van der Waals surface area contributed by atoms with Crippen LogP contribution in [0.1, 0.15) is 31.6 Å². The van der Waals surface area contributed by atoms with Crippen molar-refractivity contribution >= 4 is 39.1 Å². The Morgan fingerprint density at radius 3 is 3.15 bits per heavy atom. The summed E-state index contributed by atoms with van der Waals surface area (Å²) in [4.78, 5) is 23.0. The fraction of sp³-hybridized carbons (Fsp3) is 0.316. The van der Waals surface area contributed by atoms with Crippen LogP contribution >= 0.6 is 27.5 Å². The highest BCUT2D eigenvalue weighted by molar-refractivity contribution is 9.10. The number of amides is 1. The first-order valence-electron chi connectivity index (χ1n) is 8.46. The molecule has 2 aromatic rings. The highest BCUT2D eigenvalue weighted by atomic mass is 79.9. The van der Waals surface area contributed by atoms with Gasteiger partial charge in [0.1, 0.15) is 22.6 Å². The molecule has 8 heteroatoms. The number of nitrogens with zero attached hydrogens (tertiary/aromatic N) is 4. The Balaban J connectivity index is 1.80. The summed E-state index contributed by atoms with van der Waals surface area (Å²) >= 11 is 9.62. The van der Waals surface area contributed by atoms with Crippen molar-refractivity contribution < 1.29 is 9.53 Å². The van der Waals surface area contributed by atoms with Gasteiger partial charge in [-0.2, -0.15) is 0 Å². The number of carbonyl (C=O) groups excluding carboxylic acids is 1. The Bertz CT molecular complexity index is 961. The van der Waals surface area contributed by atoms with Gasteiger partial charge in [-0.25, -0.2) is 14.8 Å². The van der Waals surface area contributed by atoms with Gasteiger partial charge in [-0.05, 0) is 53.4 Å². The Labute approximate surface area is 171 Å². The minimum Gasteiger partial charge on any atom is -0.445 e. The predicted molar refractivity (Wildman–Crippen MR) is 107 cm³/mol. The summed E-state index contributed by atoms with van der Waals surface area (Å²) in [5.74, 6) is 3.15. The fourth-order valence-corrected chi connectivity index (χ4v) is 3.99. The maximum absolute atomic E-state index is 12.7. The van der Waals surface area contributed by atoms with Crippen molar-refractivity contribution in [2.75, 3.05) is 13.2 Å². The van der Waals surface area contributed by atoms with Gasteiger partial charge in [-0.1, -0.05) is 23.6 Å². The lowest BCUT2D eigenvalue weighted by molar-refractivity contribution is 0.105. The molecule has 0 spiro atoms. The van der Waals surface area contributed by atoms with Gasteiger partial charge >= 0.3 is 6.09 Å². The summed E-state index contributed by atoms with van der Waals surface area (Å²) in [6.45, 7) is 2.65. The predicted octanol–water partition coefficient (Wildman–Crippen LogP) is 4.55. The normalized spacial score (nSPS) is 17.6. The van der Waals surface area contributed by atoms with Crippen molar-refractivity contribution in [3.8, 4) is 12.3 Å². The molecule has 0 aromatic carbocycles. The third-order valence-electron chi connectivity index (χ3n) is 4.41. The average Bonchev–Trinajstić information content (AvgIpc) is 3.27. The number of aromatic nitrogens is 3. The second kappa shape index (κ2) is 8.59. The van der Waals surface area contributed by atoms with E-state index in [2.05, 4.69) is 31.8 Å². The lowest BCUT2D eigenvalue weighted by Crippen LogP contribution is -2.32. The number of carbonyl (C=O) groups is 1. The first-order chi connectivity index (χ1) is 13.1. The van der Waals surface area contributed by atoms with Crippen molar-refractivity contribution in [2.45, 2.75) is 25.8 Å². The van der Waals surface area contributed by atoms with Crippen LogP contribution in [0.15, 0.2) is 40.8 Å². The van der Waals surface area contributed by atoms with E-state index < -0.39 is 0 Å². The number of terminal acetylenes is 1. The van der Waals surface area contributed by atoms with Crippen LogP contribution in [-0.2, 0) is 4.74 Å². The van der Waals surface area contributed by atoms with E-state index in [1.807, 2.05) is 17.4 Å². The molecule has 1 atom stereocenters. The molecule has 1 aliphatic rings. The number of likely N-dealkylation sites (tertiary alicyclic amines) is 1. The van der Waals surface area contributed by atoms with Crippen molar-refractivity contribution in [1.29, 1.82) is 0 Å². The third-order valence-corrected chi connectivity index (χ3v) is 5.24. The molecule has 2 aromatic heterocycles. The standard InChI is InChI=1S/C19H18BrClN4O2/c1-3-5-7-13(4-2)12-27-19(26)24-10-6-8-14(24)18-23-16(20)15-17(21)22-9-11-25(15)18/h1,4-5,7,9,11,14H,6,8,10,12H2,2H3/b7-5-,13-4+/t14-/m0/s1. The van der Waals surface area contributed by atoms with Crippen LogP contribution in [0.25, 0.3) is 5.52 Å². The summed E-state index contributed by atoms with van der Waals surface area (Å²) in [5, 5.41) is 0.355. The summed E-state index contributed by atoms with van der Waals surface area (Å²) in [7, 11) is 0. The number of imidazole rings is 1. The molecule has 6 nitrogen and oxygen atoms in total. The minimum atomic E-state index is -0.376. The highest BCUT2D eigenvalue weighted by Gasteiger charge is 2.34. The molecule has 140 valence electrons. The number of ether oxygens (including phenoxy) is 1. The molecule has 1 amide bonds. The van der Waals surface area contributed by atoms with E-state index in [0.717, 1.165) is 24.2 Å². The van der Waals surface area contributed by atoms with Crippen molar-refractivity contribution in [3.05, 3.63) is 51.8 Å². The lowest BCUT2D eigenvalue weighted by Gasteiger charge is -2.23. The Morgan fingerprint density at radius 1 is 1.59 bits per heavy atom. The van der Waals surface area contributed by atoms with Gasteiger partial charge in [0, 0.05) is 18.9 Å². The number of fused-ring (bicyclic) bond motifs is 1. The maximum atomic E-state index is 12.7. The number of hydrogen-bond donors (Lipinski definition) is 0. The molecule has 0 bridgehead atoms. The molecule has 0 saturated carbocycles. The second-order valence-corrected chi connectivity index (χ2v) is 7.08. The van der Waals surface area contributed by atoms with E-state index in [-0.39, 0.29) is 18.7 Å². The van der Waals surface area contributed by atoms with Crippen LogP contribution in [0.3, 0.4) is 0 Å². The lowest BCUT2D eigenvalue weighted by atomic mass is 10.2. The van der Waals surface area contributed by atoms with Gasteiger partial charge in [0.05, 0.1) is 6.04 Å². The average molecular weight is 450 g/mol. The van der Waals surface area contributed by atoms with Gasteiger partial charge in [0.2, 0.25) is 0 Å². The van der Waals surface area contributed by atoms with Crippen LogP contribution in [0.4, 0.5) is 4.79 Å². The van der Waals surface area contributed by atoms with Gasteiger partial charge in [-0.3, -0.25) is 9.30 Å². The molecule has 27 heavy (non-hydrogen) atoms. The van der Waals surface area contributed by atoms with Crippen molar-refractivity contribution in [1.82, 2.24) is 19.3 Å². The Morgan fingerprint density at radius 2 is 2.41 bits per heavy atom. The van der Waals surface area contributed by atoms with Crippen LogP contribution in [0.2, 0.25) is 5.15 Å². The van der Waals surface area contributed by atoms with E-state index in [1.54, 1.807) is 29.4 Å². The minimum absolute atomic E-state index is 0.165. The van der Waals surface area contributed by atoms with Crippen LogP contribution in [-0.4, -0.2) is 38.5 Å². The molecule has 1 aliphatic heterocycles. The highest BCUT2D eigenvalue weighted by Crippen LogP contribution is 2.35. The first-order valence-corrected chi connectivity index (χ1v) is 9.63. The van der Waals surface area contributed by atoms with Gasteiger partial charge < -0.3 is 4.74 Å². The quantitative estimate of drug-likeness (QED) is 0.507. The van der Waals surface area contributed by atoms with Crippen molar-refractivity contribution in [3.63, 3.8) is 0 Å². The SMILES string of the molecule is C#C/C=C\C(=C/C)COC(=O)N1CCC[C@H]1c1nc(Br)c2c(Cl)nccn12.